The van der Waals surface area contributed by atoms with E-state index in [9.17, 15) is 4.79 Å². The fourth-order valence-electron chi connectivity index (χ4n) is 2.29. The Kier molecular flexibility index (Phi) is 4.97. The number of hydrogen-bond donors (Lipinski definition) is 2. The quantitative estimate of drug-likeness (QED) is 0.643. The summed E-state index contributed by atoms with van der Waals surface area (Å²) in [4.78, 5) is 12.1. The molecule has 0 aromatic heterocycles. The Morgan fingerprint density at radius 1 is 1.39 bits per heavy atom. The lowest BCUT2D eigenvalue weighted by atomic mass is 9.91. The second-order valence-electron chi connectivity index (χ2n) is 5.22. The molecule has 2 N–H and O–H groups in total. The van der Waals surface area contributed by atoms with Gasteiger partial charge < -0.3 is 20.1 Å². The zero-order valence-electron chi connectivity index (χ0n) is 11.2. The van der Waals surface area contributed by atoms with Gasteiger partial charge in [-0.15, -0.1) is 0 Å². The van der Waals surface area contributed by atoms with Crippen molar-refractivity contribution in [2.75, 3.05) is 40.0 Å². The molecule has 0 unspecified atom stereocenters. The fraction of sp³-hybridized carbons (Fsp3) is 0.923. The Bertz CT molecular complexity index is 273. The SMILES string of the molecule is COC1(C(=O)NCCOCC2CC2)CCNCC1. The van der Waals surface area contributed by atoms with Crippen molar-refractivity contribution < 1.29 is 14.3 Å². The van der Waals surface area contributed by atoms with Gasteiger partial charge in [0.05, 0.1) is 6.61 Å². The van der Waals surface area contributed by atoms with Gasteiger partial charge in [-0.3, -0.25) is 4.79 Å². The van der Waals surface area contributed by atoms with Gasteiger partial charge in [-0.05, 0) is 44.7 Å². The standard InChI is InChI=1S/C13H24N2O3/c1-17-13(4-6-14-7-5-13)12(16)15-8-9-18-10-11-2-3-11/h11,14H,2-10H2,1H3,(H,15,16). The number of nitrogens with one attached hydrogen (secondary N) is 2. The van der Waals surface area contributed by atoms with Crippen LogP contribution in [0.3, 0.4) is 0 Å². The highest BCUT2D eigenvalue weighted by Gasteiger charge is 2.39. The maximum Gasteiger partial charge on any atom is 0.252 e. The topological polar surface area (TPSA) is 59.6 Å². The van der Waals surface area contributed by atoms with Gasteiger partial charge in [-0.1, -0.05) is 0 Å². The zero-order chi connectivity index (χ0) is 12.8. The molecule has 0 bridgehead atoms. The Hall–Kier alpha value is -0.650. The molecule has 1 heterocycles. The number of rotatable bonds is 7. The average molecular weight is 256 g/mol. The summed E-state index contributed by atoms with van der Waals surface area (Å²) in [5.74, 6) is 0.775. The summed E-state index contributed by atoms with van der Waals surface area (Å²) in [6.07, 6.45) is 4.06. The smallest absolute Gasteiger partial charge is 0.252 e. The minimum atomic E-state index is -0.637. The summed E-state index contributed by atoms with van der Waals surface area (Å²) in [6.45, 7) is 3.68. The number of ether oxygens (including phenoxy) is 2. The maximum atomic E-state index is 12.1. The van der Waals surface area contributed by atoms with Crippen molar-refractivity contribution >= 4 is 5.91 Å². The third-order valence-corrected chi connectivity index (χ3v) is 3.80. The molecule has 1 aliphatic carbocycles. The van der Waals surface area contributed by atoms with Crippen molar-refractivity contribution in [1.82, 2.24) is 10.6 Å². The van der Waals surface area contributed by atoms with Crippen LogP contribution in [0.5, 0.6) is 0 Å². The van der Waals surface area contributed by atoms with Gasteiger partial charge >= 0.3 is 0 Å². The molecule has 104 valence electrons. The van der Waals surface area contributed by atoms with E-state index in [4.69, 9.17) is 9.47 Å². The number of piperidine rings is 1. The number of hydrogen-bond acceptors (Lipinski definition) is 4. The van der Waals surface area contributed by atoms with E-state index in [-0.39, 0.29) is 5.91 Å². The first kappa shape index (κ1) is 13.8. The van der Waals surface area contributed by atoms with E-state index in [2.05, 4.69) is 10.6 Å². The summed E-state index contributed by atoms with van der Waals surface area (Å²) in [7, 11) is 1.62. The Morgan fingerprint density at radius 2 is 2.11 bits per heavy atom. The number of carbonyl (C=O) groups is 1. The molecule has 1 aliphatic heterocycles. The van der Waals surface area contributed by atoms with Crippen LogP contribution in [0, 0.1) is 5.92 Å². The largest absolute Gasteiger partial charge is 0.379 e. The van der Waals surface area contributed by atoms with Gasteiger partial charge in [0.1, 0.15) is 5.60 Å². The van der Waals surface area contributed by atoms with Crippen molar-refractivity contribution in [3.05, 3.63) is 0 Å². The van der Waals surface area contributed by atoms with E-state index in [0.29, 0.717) is 13.2 Å². The highest BCUT2D eigenvalue weighted by Crippen LogP contribution is 2.28. The van der Waals surface area contributed by atoms with Gasteiger partial charge in [0.2, 0.25) is 0 Å². The van der Waals surface area contributed by atoms with Crippen molar-refractivity contribution in [3.63, 3.8) is 0 Å². The van der Waals surface area contributed by atoms with Crippen LogP contribution in [-0.2, 0) is 14.3 Å². The molecule has 1 saturated carbocycles. The molecule has 2 aliphatic rings. The van der Waals surface area contributed by atoms with Crippen LogP contribution in [-0.4, -0.2) is 51.5 Å². The molecule has 5 heteroatoms. The van der Waals surface area contributed by atoms with Gasteiger partial charge in [-0.2, -0.15) is 0 Å². The summed E-state index contributed by atoms with van der Waals surface area (Å²) >= 11 is 0. The number of methoxy groups -OCH3 is 1. The molecule has 2 rings (SSSR count). The molecular formula is C13H24N2O3. The third kappa shape index (κ3) is 3.67. The maximum absolute atomic E-state index is 12.1. The summed E-state index contributed by atoms with van der Waals surface area (Å²) in [6, 6.07) is 0. The summed E-state index contributed by atoms with van der Waals surface area (Å²) < 4.78 is 10.9. The second-order valence-corrected chi connectivity index (χ2v) is 5.22. The second kappa shape index (κ2) is 6.50. The fourth-order valence-corrected chi connectivity index (χ4v) is 2.29. The zero-order valence-corrected chi connectivity index (χ0v) is 11.2. The van der Waals surface area contributed by atoms with E-state index in [1.165, 1.54) is 12.8 Å². The molecule has 1 amide bonds. The monoisotopic (exact) mass is 256 g/mol. The lowest BCUT2D eigenvalue weighted by molar-refractivity contribution is -0.146. The molecule has 0 aromatic carbocycles. The minimum absolute atomic E-state index is 0.00141. The predicted octanol–water partition coefficient (Wildman–Crippen LogP) is 0.298. The van der Waals surface area contributed by atoms with E-state index in [1.54, 1.807) is 7.11 Å². The first-order chi connectivity index (χ1) is 8.77. The third-order valence-electron chi connectivity index (χ3n) is 3.80. The number of carbonyl (C=O) groups excluding carboxylic acids is 1. The van der Waals surface area contributed by atoms with Gasteiger partial charge in [0, 0.05) is 20.3 Å². The molecule has 0 aromatic rings. The van der Waals surface area contributed by atoms with Crippen molar-refractivity contribution in [2.45, 2.75) is 31.3 Å². The summed E-state index contributed by atoms with van der Waals surface area (Å²) in [5.41, 5.74) is -0.637. The van der Waals surface area contributed by atoms with Gasteiger partial charge in [0.25, 0.3) is 5.91 Å². The highest BCUT2D eigenvalue weighted by atomic mass is 16.5. The van der Waals surface area contributed by atoms with Crippen LogP contribution >= 0.6 is 0 Å². The van der Waals surface area contributed by atoms with Crippen LogP contribution in [0.15, 0.2) is 0 Å². The Labute approximate surface area is 109 Å². The minimum Gasteiger partial charge on any atom is -0.379 e. The molecule has 2 fully saturated rings. The van der Waals surface area contributed by atoms with Crippen LogP contribution in [0.25, 0.3) is 0 Å². The predicted molar refractivity (Wildman–Crippen MR) is 68.4 cm³/mol. The molecular weight excluding hydrogens is 232 g/mol. The molecule has 0 spiro atoms. The summed E-state index contributed by atoms with van der Waals surface area (Å²) in [5, 5.41) is 6.16. The van der Waals surface area contributed by atoms with E-state index < -0.39 is 5.60 Å². The highest BCUT2D eigenvalue weighted by molar-refractivity contribution is 5.85. The normalized spacial score (nSPS) is 22.7. The van der Waals surface area contributed by atoms with Crippen molar-refractivity contribution in [1.29, 1.82) is 0 Å². The molecule has 5 nitrogen and oxygen atoms in total. The van der Waals surface area contributed by atoms with Crippen LogP contribution in [0.2, 0.25) is 0 Å². The molecule has 0 atom stereocenters. The van der Waals surface area contributed by atoms with E-state index in [1.807, 2.05) is 0 Å². The van der Waals surface area contributed by atoms with Gasteiger partial charge in [0.15, 0.2) is 0 Å². The van der Waals surface area contributed by atoms with E-state index in [0.717, 1.165) is 38.5 Å². The lowest BCUT2D eigenvalue weighted by Crippen LogP contribution is -2.54. The van der Waals surface area contributed by atoms with Crippen LogP contribution in [0.1, 0.15) is 25.7 Å². The molecule has 18 heavy (non-hydrogen) atoms. The Balaban J connectivity index is 1.64. The average Bonchev–Trinajstić information content (AvgIpc) is 3.23. The van der Waals surface area contributed by atoms with Crippen LogP contribution in [0.4, 0.5) is 0 Å². The first-order valence-electron chi connectivity index (χ1n) is 6.89. The van der Waals surface area contributed by atoms with E-state index >= 15 is 0 Å². The molecule has 0 radical (unpaired) electrons. The Morgan fingerprint density at radius 3 is 2.72 bits per heavy atom. The lowest BCUT2D eigenvalue weighted by Gasteiger charge is -2.34. The first-order valence-corrected chi connectivity index (χ1v) is 6.89. The molecule has 1 saturated heterocycles. The van der Waals surface area contributed by atoms with Gasteiger partial charge in [-0.25, -0.2) is 0 Å². The van der Waals surface area contributed by atoms with Crippen molar-refractivity contribution in [3.8, 4) is 0 Å². The van der Waals surface area contributed by atoms with Crippen molar-refractivity contribution in [2.24, 2.45) is 5.92 Å². The van der Waals surface area contributed by atoms with Crippen LogP contribution < -0.4 is 10.6 Å². The number of amides is 1.